The van der Waals surface area contributed by atoms with Gasteiger partial charge in [-0.1, -0.05) is 11.6 Å². The van der Waals surface area contributed by atoms with Gasteiger partial charge in [0.25, 0.3) is 0 Å². The van der Waals surface area contributed by atoms with Crippen molar-refractivity contribution in [2.75, 3.05) is 6.61 Å². The quantitative estimate of drug-likeness (QED) is 0.591. The molecule has 0 saturated heterocycles. The van der Waals surface area contributed by atoms with Crippen LogP contribution in [0.2, 0.25) is 5.02 Å². The van der Waals surface area contributed by atoms with Crippen LogP contribution in [0.1, 0.15) is 18.1 Å². The molecule has 0 aromatic heterocycles. The Kier molecular flexibility index (Phi) is 3.34. The van der Waals surface area contributed by atoms with Gasteiger partial charge in [0.1, 0.15) is 18.6 Å². The fourth-order valence-electron chi connectivity index (χ4n) is 1.88. The summed E-state index contributed by atoms with van der Waals surface area (Å²) in [5.41, 5.74) is 3.92. The van der Waals surface area contributed by atoms with Gasteiger partial charge in [0, 0.05) is 10.6 Å². The summed E-state index contributed by atoms with van der Waals surface area (Å²) in [4.78, 5) is 10.4. The standard InChI is InChI=1S/C14H13ClO2/c1-9(3-4-16)12-6-11-7-13(15)5-10(2)14(11)17-8-12/h3-7H,8H2,1-2H3/b9-3+. The Morgan fingerprint density at radius 3 is 2.94 bits per heavy atom. The molecule has 1 aromatic rings. The summed E-state index contributed by atoms with van der Waals surface area (Å²) in [6.07, 6.45) is 4.35. The zero-order valence-electron chi connectivity index (χ0n) is 9.79. The third-order valence-electron chi connectivity index (χ3n) is 2.79. The highest BCUT2D eigenvalue weighted by molar-refractivity contribution is 6.30. The van der Waals surface area contributed by atoms with E-state index in [0.29, 0.717) is 11.6 Å². The average molecular weight is 249 g/mol. The number of ether oxygens (including phenoxy) is 1. The lowest BCUT2D eigenvalue weighted by Crippen LogP contribution is -2.09. The van der Waals surface area contributed by atoms with Crippen LogP contribution in [0.3, 0.4) is 0 Å². The van der Waals surface area contributed by atoms with E-state index < -0.39 is 0 Å². The second-order valence-electron chi connectivity index (χ2n) is 4.09. The maximum atomic E-state index is 10.4. The van der Waals surface area contributed by atoms with E-state index in [4.69, 9.17) is 16.3 Å². The Morgan fingerprint density at radius 2 is 2.24 bits per heavy atom. The van der Waals surface area contributed by atoms with Crippen LogP contribution < -0.4 is 4.74 Å². The molecule has 1 aliphatic heterocycles. The maximum Gasteiger partial charge on any atom is 0.143 e. The van der Waals surface area contributed by atoms with Crippen molar-refractivity contribution in [3.8, 4) is 5.75 Å². The van der Waals surface area contributed by atoms with Crippen LogP contribution in [0.4, 0.5) is 0 Å². The van der Waals surface area contributed by atoms with Crippen LogP contribution in [0.15, 0.2) is 29.4 Å². The van der Waals surface area contributed by atoms with Gasteiger partial charge in [0.2, 0.25) is 0 Å². The first-order chi connectivity index (χ1) is 8.11. The monoisotopic (exact) mass is 248 g/mol. The molecular weight excluding hydrogens is 236 g/mol. The first-order valence-corrected chi connectivity index (χ1v) is 5.75. The lowest BCUT2D eigenvalue weighted by molar-refractivity contribution is -0.104. The average Bonchev–Trinajstić information content (AvgIpc) is 2.28. The van der Waals surface area contributed by atoms with Crippen LogP contribution in [0, 0.1) is 6.92 Å². The fraction of sp³-hybridized carbons (Fsp3) is 0.214. The van der Waals surface area contributed by atoms with Gasteiger partial charge in [-0.25, -0.2) is 0 Å². The minimum Gasteiger partial charge on any atom is -0.488 e. The number of aryl methyl sites for hydroxylation is 1. The molecule has 0 fully saturated rings. The molecule has 0 unspecified atom stereocenters. The third kappa shape index (κ3) is 2.42. The minimum absolute atomic E-state index is 0.492. The van der Waals surface area contributed by atoms with Gasteiger partial charge in [-0.15, -0.1) is 0 Å². The number of benzene rings is 1. The molecular formula is C14H13ClO2. The normalized spacial score (nSPS) is 14.8. The second kappa shape index (κ2) is 4.76. The molecule has 0 saturated carbocycles. The van der Waals surface area contributed by atoms with Gasteiger partial charge < -0.3 is 4.74 Å². The van der Waals surface area contributed by atoms with E-state index in [1.54, 1.807) is 0 Å². The molecule has 0 radical (unpaired) electrons. The van der Waals surface area contributed by atoms with Crippen molar-refractivity contribution in [2.24, 2.45) is 0 Å². The maximum absolute atomic E-state index is 10.4. The summed E-state index contributed by atoms with van der Waals surface area (Å²) < 4.78 is 5.71. The van der Waals surface area contributed by atoms with Gasteiger partial charge in [-0.2, -0.15) is 0 Å². The third-order valence-corrected chi connectivity index (χ3v) is 3.01. The van der Waals surface area contributed by atoms with E-state index in [2.05, 4.69) is 0 Å². The first-order valence-electron chi connectivity index (χ1n) is 5.38. The Labute approximate surface area is 106 Å². The van der Waals surface area contributed by atoms with Crippen molar-refractivity contribution >= 4 is 24.0 Å². The zero-order valence-corrected chi connectivity index (χ0v) is 10.5. The van der Waals surface area contributed by atoms with Crippen LogP contribution in [-0.2, 0) is 4.79 Å². The SMILES string of the molecule is C/C(=C\C=O)C1=Cc2cc(Cl)cc(C)c2OC1. The van der Waals surface area contributed by atoms with Crippen molar-refractivity contribution in [2.45, 2.75) is 13.8 Å². The number of carbonyl (C=O) groups excluding carboxylic acids is 1. The highest BCUT2D eigenvalue weighted by Gasteiger charge is 2.15. The molecule has 0 amide bonds. The van der Waals surface area contributed by atoms with Crippen molar-refractivity contribution in [1.29, 1.82) is 0 Å². The molecule has 0 N–H and O–H groups in total. The van der Waals surface area contributed by atoms with Crippen molar-refractivity contribution in [3.05, 3.63) is 45.5 Å². The van der Waals surface area contributed by atoms with Crippen molar-refractivity contribution < 1.29 is 9.53 Å². The van der Waals surface area contributed by atoms with Crippen LogP contribution in [-0.4, -0.2) is 12.9 Å². The summed E-state index contributed by atoms with van der Waals surface area (Å²) in [6, 6.07) is 3.75. The predicted molar refractivity (Wildman–Crippen MR) is 69.5 cm³/mol. The number of rotatable bonds is 2. The topological polar surface area (TPSA) is 26.3 Å². The highest BCUT2D eigenvalue weighted by atomic mass is 35.5. The number of fused-ring (bicyclic) bond motifs is 1. The second-order valence-corrected chi connectivity index (χ2v) is 4.52. The molecule has 0 bridgehead atoms. The van der Waals surface area contributed by atoms with E-state index in [1.165, 1.54) is 6.08 Å². The molecule has 0 spiro atoms. The number of hydrogen-bond acceptors (Lipinski definition) is 2. The van der Waals surface area contributed by atoms with Crippen molar-refractivity contribution in [3.63, 3.8) is 0 Å². The molecule has 3 heteroatoms. The molecule has 1 aliphatic rings. The fourth-order valence-corrected chi connectivity index (χ4v) is 2.16. The molecule has 1 heterocycles. The molecule has 2 rings (SSSR count). The largest absolute Gasteiger partial charge is 0.488 e. The highest BCUT2D eigenvalue weighted by Crippen LogP contribution is 2.34. The number of hydrogen-bond donors (Lipinski definition) is 0. The summed E-state index contributed by atoms with van der Waals surface area (Å²) in [5, 5.41) is 0.694. The van der Waals surface area contributed by atoms with Gasteiger partial charge in [0.15, 0.2) is 0 Å². The number of carbonyl (C=O) groups is 1. The Hall–Kier alpha value is -1.54. The van der Waals surface area contributed by atoms with E-state index in [9.17, 15) is 4.79 Å². The summed E-state index contributed by atoms with van der Waals surface area (Å²) >= 11 is 6.01. The molecule has 2 nitrogen and oxygen atoms in total. The van der Waals surface area contributed by atoms with Crippen LogP contribution >= 0.6 is 11.6 Å². The molecule has 0 aliphatic carbocycles. The number of allylic oxidation sites excluding steroid dienone is 1. The Bertz CT molecular complexity index is 527. The predicted octanol–water partition coefficient (Wildman–Crippen LogP) is 3.57. The Balaban J connectivity index is 2.47. The summed E-state index contributed by atoms with van der Waals surface area (Å²) in [5.74, 6) is 0.872. The van der Waals surface area contributed by atoms with E-state index >= 15 is 0 Å². The molecule has 1 aromatic carbocycles. The van der Waals surface area contributed by atoms with E-state index in [-0.39, 0.29) is 0 Å². The Morgan fingerprint density at radius 1 is 1.47 bits per heavy atom. The van der Waals surface area contributed by atoms with Gasteiger partial charge in [-0.3, -0.25) is 4.79 Å². The molecule has 0 atom stereocenters. The van der Waals surface area contributed by atoms with Gasteiger partial charge in [-0.05, 0) is 54.8 Å². The van der Waals surface area contributed by atoms with Crippen LogP contribution in [0.5, 0.6) is 5.75 Å². The first kappa shape index (κ1) is 11.9. The number of halogens is 1. The summed E-state index contributed by atoms with van der Waals surface area (Å²) in [7, 11) is 0. The lowest BCUT2D eigenvalue weighted by atomic mass is 10.00. The smallest absolute Gasteiger partial charge is 0.143 e. The van der Waals surface area contributed by atoms with Gasteiger partial charge >= 0.3 is 0 Å². The van der Waals surface area contributed by atoms with Gasteiger partial charge in [0.05, 0.1) is 0 Å². The van der Waals surface area contributed by atoms with E-state index in [0.717, 1.165) is 34.3 Å². The lowest BCUT2D eigenvalue weighted by Gasteiger charge is -2.20. The van der Waals surface area contributed by atoms with E-state index in [1.807, 2.05) is 32.1 Å². The minimum atomic E-state index is 0.492. The summed E-state index contributed by atoms with van der Waals surface area (Å²) in [6.45, 7) is 4.36. The zero-order chi connectivity index (χ0) is 12.4. The molecule has 17 heavy (non-hydrogen) atoms. The van der Waals surface area contributed by atoms with Crippen molar-refractivity contribution in [1.82, 2.24) is 0 Å². The van der Waals surface area contributed by atoms with Crippen LogP contribution in [0.25, 0.3) is 6.08 Å². The number of aldehydes is 1. The molecule has 88 valence electrons.